The maximum Gasteiger partial charge on any atom is 0.198 e. The second-order valence-electron chi connectivity index (χ2n) is 4.40. The van der Waals surface area contributed by atoms with Gasteiger partial charge in [0.25, 0.3) is 0 Å². The van der Waals surface area contributed by atoms with Gasteiger partial charge in [0, 0.05) is 6.08 Å². The second-order valence-corrected chi connectivity index (χ2v) is 5.21. The molecule has 1 unspecified atom stereocenters. The van der Waals surface area contributed by atoms with Gasteiger partial charge in [-0.15, -0.1) is 0 Å². The molecule has 1 aromatic rings. The molecule has 0 saturated carbocycles. The van der Waals surface area contributed by atoms with E-state index in [4.69, 9.17) is 27.9 Å². The van der Waals surface area contributed by atoms with Gasteiger partial charge >= 0.3 is 0 Å². The molecule has 0 amide bonds. The van der Waals surface area contributed by atoms with Crippen LogP contribution in [0.4, 0.5) is 0 Å². The number of benzene rings is 1. The predicted octanol–water partition coefficient (Wildman–Crippen LogP) is 2.77. The molecule has 1 aliphatic carbocycles. The topological polar surface area (TPSA) is 46.5 Å². The van der Waals surface area contributed by atoms with Gasteiger partial charge in [0.2, 0.25) is 0 Å². The highest BCUT2D eigenvalue weighted by Crippen LogP contribution is 2.29. The highest BCUT2D eigenvalue weighted by Gasteiger charge is 2.32. The van der Waals surface area contributed by atoms with Crippen molar-refractivity contribution in [1.29, 1.82) is 0 Å². The van der Waals surface area contributed by atoms with Crippen molar-refractivity contribution in [1.82, 2.24) is 0 Å². The molecule has 5 heteroatoms. The van der Waals surface area contributed by atoms with Gasteiger partial charge in [-0.1, -0.05) is 65.4 Å². The lowest BCUT2D eigenvalue weighted by molar-refractivity contribution is -0.111. The summed E-state index contributed by atoms with van der Waals surface area (Å²) in [6.07, 6.45) is 2.19. The SMILES string of the molecule is O=C1C=C(Cl)C(O)(C#CCOCc2ccccc2)C=C1Cl. The largest absolute Gasteiger partial charge is 0.369 e. The Labute approximate surface area is 132 Å². The Morgan fingerprint density at radius 3 is 2.67 bits per heavy atom. The van der Waals surface area contributed by atoms with E-state index in [9.17, 15) is 9.90 Å². The molecule has 0 aromatic heterocycles. The van der Waals surface area contributed by atoms with Gasteiger partial charge in [-0.3, -0.25) is 4.79 Å². The van der Waals surface area contributed by atoms with Crippen LogP contribution in [0.1, 0.15) is 5.56 Å². The zero-order valence-corrected chi connectivity index (χ0v) is 12.5. The average molecular weight is 323 g/mol. The van der Waals surface area contributed by atoms with Gasteiger partial charge in [0.05, 0.1) is 16.7 Å². The molecule has 0 bridgehead atoms. The molecule has 3 nitrogen and oxygen atoms in total. The van der Waals surface area contributed by atoms with Crippen molar-refractivity contribution in [3.63, 3.8) is 0 Å². The van der Waals surface area contributed by atoms with E-state index in [0.717, 1.165) is 17.7 Å². The van der Waals surface area contributed by atoms with E-state index in [1.54, 1.807) is 0 Å². The van der Waals surface area contributed by atoms with Crippen LogP contribution in [0.2, 0.25) is 0 Å². The van der Waals surface area contributed by atoms with Gasteiger partial charge in [0.1, 0.15) is 6.61 Å². The first kappa shape index (κ1) is 15.8. The summed E-state index contributed by atoms with van der Waals surface area (Å²) < 4.78 is 5.37. The van der Waals surface area contributed by atoms with Crippen molar-refractivity contribution in [3.8, 4) is 11.8 Å². The van der Waals surface area contributed by atoms with Crippen LogP contribution in [0.5, 0.6) is 0 Å². The summed E-state index contributed by atoms with van der Waals surface area (Å²) in [5.74, 6) is 4.77. The molecular formula is C16H12Cl2O3. The lowest BCUT2D eigenvalue weighted by Crippen LogP contribution is -2.28. The Hall–Kier alpha value is -1.57. The van der Waals surface area contributed by atoms with Gasteiger partial charge in [-0.25, -0.2) is 0 Å². The van der Waals surface area contributed by atoms with Crippen LogP contribution in [0.3, 0.4) is 0 Å². The van der Waals surface area contributed by atoms with Crippen LogP contribution in [0, 0.1) is 11.8 Å². The fraction of sp³-hybridized carbons (Fsp3) is 0.188. The van der Waals surface area contributed by atoms with Gasteiger partial charge in [-0.2, -0.15) is 0 Å². The maximum absolute atomic E-state index is 11.3. The third-order valence-electron chi connectivity index (χ3n) is 2.76. The third-order valence-corrected chi connectivity index (χ3v) is 3.45. The molecule has 0 saturated heterocycles. The fourth-order valence-electron chi connectivity index (χ4n) is 1.68. The fourth-order valence-corrected chi connectivity index (χ4v) is 2.09. The van der Waals surface area contributed by atoms with Crippen LogP contribution in [0.15, 0.2) is 52.5 Å². The third kappa shape index (κ3) is 4.20. The number of hydrogen-bond acceptors (Lipinski definition) is 3. The van der Waals surface area contributed by atoms with Crippen molar-refractivity contribution in [2.75, 3.05) is 6.61 Å². The molecule has 108 valence electrons. The standard InChI is InChI=1S/C16H12Cl2O3/c17-13-10-16(20,15(18)9-14(13)19)7-4-8-21-11-12-5-2-1-3-6-12/h1-3,5-6,9-10,20H,8,11H2. The van der Waals surface area contributed by atoms with Crippen LogP contribution in [-0.4, -0.2) is 23.1 Å². The summed E-state index contributed by atoms with van der Waals surface area (Å²) >= 11 is 11.5. The van der Waals surface area contributed by atoms with Crippen LogP contribution in [0.25, 0.3) is 0 Å². The van der Waals surface area contributed by atoms with E-state index < -0.39 is 11.4 Å². The summed E-state index contributed by atoms with van der Waals surface area (Å²) in [4.78, 5) is 11.3. The highest BCUT2D eigenvalue weighted by atomic mass is 35.5. The molecule has 0 aliphatic heterocycles. The maximum atomic E-state index is 11.3. The van der Waals surface area contributed by atoms with Crippen molar-refractivity contribution in [2.45, 2.75) is 12.2 Å². The molecular weight excluding hydrogens is 311 g/mol. The lowest BCUT2D eigenvalue weighted by atomic mass is 9.97. The van der Waals surface area contributed by atoms with Crippen LogP contribution < -0.4 is 0 Å². The number of carbonyl (C=O) groups excluding carboxylic acids is 1. The monoisotopic (exact) mass is 322 g/mol. The first-order chi connectivity index (χ1) is 10.0. The van der Waals surface area contributed by atoms with E-state index in [1.165, 1.54) is 0 Å². The summed E-state index contributed by atoms with van der Waals surface area (Å²) in [6.45, 7) is 0.549. The molecule has 2 rings (SSSR count). The quantitative estimate of drug-likeness (QED) is 0.687. The Morgan fingerprint density at radius 2 is 1.95 bits per heavy atom. The summed E-state index contributed by atoms with van der Waals surface area (Å²) in [6, 6.07) is 9.65. The molecule has 1 aliphatic rings. The number of carbonyl (C=O) groups is 1. The Balaban J connectivity index is 1.93. The minimum Gasteiger partial charge on any atom is -0.369 e. The summed E-state index contributed by atoms with van der Waals surface area (Å²) in [5, 5.41) is 10.0. The molecule has 0 spiro atoms. The van der Waals surface area contributed by atoms with Crippen molar-refractivity contribution in [3.05, 3.63) is 58.1 Å². The molecule has 21 heavy (non-hydrogen) atoms. The van der Waals surface area contributed by atoms with Crippen molar-refractivity contribution < 1.29 is 14.6 Å². The van der Waals surface area contributed by atoms with Gasteiger partial charge < -0.3 is 9.84 Å². The molecule has 0 fully saturated rings. The first-order valence-electron chi connectivity index (χ1n) is 6.16. The zero-order chi connectivity index (χ0) is 15.3. The highest BCUT2D eigenvalue weighted by molar-refractivity contribution is 6.46. The smallest absolute Gasteiger partial charge is 0.198 e. The molecule has 0 radical (unpaired) electrons. The van der Waals surface area contributed by atoms with E-state index in [0.29, 0.717) is 6.61 Å². The molecule has 1 atom stereocenters. The number of ketones is 1. The second kappa shape index (κ2) is 6.93. The Morgan fingerprint density at radius 1 is 1.24 bits per heavy atom. The molecule has 1 aromatic carbocycles. The average Bonchev–Trinajstić information content (AvgIpc) is 2.46. The number of rotatable bonds is 3. The van der Waals surface area contributed by atoms with Crippen molar-refractivity contribution in [2.24, 2.45) is 0 Å². The van der Waals surface area contributed by atoms with Crippen LogP contribution >= 0.6 is 23.2 Å². The Kier molecular flexibility index (Phi) is 5.22. The summed E-state index contributed by atoms with van der Waals surface area (Å²) in [7, 11) is 0. The molecule has 1 N–H and O–H groups in total. The van der Waals surface area contributed by atoms with Crippen LogP contribution in [-0.2, 0) is 16.1 Å². The minimum atomic E-state index is -1.73. The number of allylic oxidation sites excluding steroid dienone is 2. The lowest BCUT2D eigenvalue weighted by Gasteiger charge is -2.20. The number of aliphatic hydroxyl groups is 1. The first-order valence-corrected chi connectivity index (χ1v) is 6.91. The molecule has 0 heterocycles. The number of halogens is 2. The van der Waals surface area contributed by atoms with E-state index >= 15 is 0 Å². The Bertz CT molecular complexity index is 653. The van der Waals surface area contributed by atoms with E-state index in [2.05, 4.69) is 11.8 Å². The van der Waals surface area contributed by atoms with Gasteiger partial charge in [-0.05, 0) is 11.6 Å². The zero-order valence-electron chi connectivity index (χ0n) is 11.0. The van der Waals surface area contributed by atoms with Gasteiger partial charge in [0.15, 0.2) is 11.4 Å². The number of ether oxygens (including phenoxy) is 1. The minimum absolute atomic E-state index is 0.0764. The van der Waals surface area contributed by atoms with E-state index in [1.807, 2.05) is 30.3 Å². The normalized spacial score (nSPS) is 21.2. The summed E-state index contributed by atoms with van der Waals surface area (Å²) in [5.41, 5.74) is -0.704. The number of hydrogen-bond donors (Lipinski definition) is 1. The van der Waals surface area contributed by atoms with Crippen molar-refractivity contribution >= 4 is 29.0 Å². The predicted molar refractivity (Wildman–Crippen MR) is 81.7 cm³/mol. The van der Waals surface area contributed by atoms with E-state index in [-0.39, 0.29) is 16.7 Å².